The second kappa shape index (κ2) is 12.7. The molecule has 5 rings (SSSR count). The molecule has 1 heterocycles. The summed E-state index contributed by atoms with van der Waals surface area (Å²) >= 11 is 0. The van der Waals surface area contributed by atoms with Gasteiger partial charge in [-0.3, -0.25) is 9.59 Å². The van der Waals surface area contributed by atoms with Crippen molar-refractivity contribution >= 4 is 34.3 Å². The normalized spacial score (nSPS) is 15.0. The van der Waals surface area contributed by atoms with E-state index in [1.54, 1.807) is 20.9 Å². The number of nitrogens with one attached hydrogen (secondary N) is 3. The van der Waals surface area contributed by atoms with Crippen LogP contribution in [0, 0.1) is 0 Å². The molecule has 8 nitrogen and oxygen atoms in total. The van der Waals surface area contributed by atoms with Crippen molar-refractivity contribution < 1.29 is 14.4 Å². The molecule has 4 aromatic carbocycles. The van der Waals surface area contributed by atoms with E-state index in [2.05, 4.69) is 34.1 Å². The van der Waals surface area contributed by atoms with Gasteiger partial charge in [-0.25, -0.2) is 4.79 Å². The van der Waals surface area contributed by atoms with E-state index in [-0.39, 0.29) is 24.3 Å². The molecule has 0 aliphatic carbocycles. The second-order valence-corrected chi connectivity index (χ2v) is 11.8. The Morgan fingerprint density at radius 1 is 0.953 bits per heavy atom. The SMILES string of the molecule is CNC(=O)NCc1ccccc1-c1ccc(CN2C(=O)[C@H](NC(=O)CC(C)(C)N)CCc3c2ccc2ccccc32)cc1. The number of hydrogen-bond donors (Lipinski definition) is 4. The number of nitrogens with two attached hydrogens (primary N) is 1. The van der Waals surface area contributed by atoms with Crippen molar-refractivity contribution in [2.45, 2.75) is 57.8 Å². The number of urea groups is 1. The highest BCUT2D eigenvalue weighted by Gasteiger charge is 2.33. The topological polar surface area (TPSA) is 117 Å². The fourth-order valence-corrected chi connectivity index (χ4v) is 5.71. The van der Waals surface area contributed by atoms with E-state index >= 15 is 0 Å². The molecule has 1 aliphatic rings. The minimum absolute atomic E-state index is 0.132. The van der Waals surface area contributed by atoms with Gasteiger partial charge in [-0.05, 0) is 71.3 Å². The highest BCUT2D eigenvalue weighted by Crippen LogP contribution is 2.35. The molecule has 222 valence electrons. The molecular weight excluding hydrogens is 538 g/mol. The van der Waals surface area contributed by atoms with E-state index in [0.717, 1.165) is 44.3 Å². The number of nitrogens with zero attached hydrogens (tertiary/aromatic N) is 1. The molecular formula is C35H39N5O3. The first-order chi connectivity index (χ1) is 20.6. The third kappa shape index (κ3) is 7.04. The van der Waals surface area contributed by atoms with Gasteiger partial charge in [0.25, 0.3) is 0 Å². The lowest BCUT2D eigenvalue weighted by Crippen LogP contribution is -2.49. The minimum atomic E-state index is -0.671. The number of benzene rings is 4. The van der Waals surface area contributed by atoms with E-state index < -0.39 is 11.6 Å². The van der Waals surface area contributed by atoms with Gasteiger partial charge >= 0.3 is 6.03 Å². The standard InChI is InChI=1S/C35H39N5O3/c1-35(2,36)20-32(41)39-30-18-17-29-28-11-7-4-8-24(28)16-19-31(29)40(33(30)42)22-23-12-14-25(15-13-23)27-10-6-5-9-26(27)21-38-34(43)37-3/h4-16,19,30H,17-18,20-22,36H2,1-3H3,(H,39,41)(H2,37,38,43)/t30-/m1/s1. The second-order valence-electron chi connectivity index (χ2n) is 11.8. The molecule has 4 aromatic rings. The molecule has 0 spiro atoms. The van der Waals surface area contributed by atoms with Gasteiger partial charge in [-0.1, -0.05) is 78.9 Å². The number of carbonyl (C=O) groups is 3. The Bertz CT molecular complexity index is 1640. The quantitative estimate of drug-likeness (QED) is 0.235. The summed E-state index contributed by atoms with van der Waals surface area (Å²) in [6.07, 6.45) is 1.30. The molecule has 0 unspecified atom stereocenters. The molecule has 8 heteroatoms. The summed E-state index contributed by atoms with van der Waals surface area (Å²) in [4.78, 5) is 40.5. The Balaban J connectivity index is 1.44. The fraction of sp³-hybridized carbons (Fsp3) is 0.286. The third-order valence-electron chi connectivity index (χ3n) is 7.79. The van der Waals surface area contributed by atoms with Crippen LogP contribution in [-0.2, 0) is 29.1 Å². The van der Waals surface area contributed by atoms with Crippen molar-refractivity contribution in [3.63, 3.8) is 0 Å². The zero-order valence-electron chi connectivity index (χ0n) is 24.9. The average Bonchev–Trinajstić information content (AvgIpc) is 3.12. The summed E-state index contributed by atoms with van der Waals surface area (Å²) in [5, 5.41) is 10.7. The van der Waals surface area contributed by atoms with Gasteiger partial charge in [0.2, 0.25) is 11.8 Å². The third-order valence-corrected chi connectivity index (χ3v) is 7.79. The maximum Gasteiger partial charge on any atom is 0.314 e. The molecule has 0 saturated heterocycles. The lowest BCUT2D eigenvalue weighted by molar-refractivity contribution is -0.128. The molecule has 0 saturated carbocycles. The van der Waals surface area contributed by atoms with Crippen LogP contribution in [0.5, 0.6) is 0 Å². The number of amides is 4. The predicted molar refractivity (Wildman–Crippen MR) is 171 cm³/mol. The molecule has 0 aromatic heterocycles. The number of carbonyl (C=O) groups excluding carboxylic acids is 3. The van der Waals surface area contributed by atoms with Crippen molar-refractivity contribution in [3.8, 4) is 11.1 Å². The predicted octanol–water partition coefficient (Wildman–Crippen LogP) is 5.03. The summed E-state index contributed by atoms with van der Waals surface area (Å²) in [5.41, 5.74) is 11.4. The molecule has 0 bridgehead atoms. The maximum absolute atomic E-state index is 14.1. The van der Waals surface area contributed by atoms with Crippen LogP contribution in [0.25, 0.3) is 21.9 Å². The van der Waals surface area contributed by atoms with Crippen LogP contribution in [0.2, 0.25) is 0 Å². The van der Waals surface area contributed by atoms with Crippen LogP contribution in [0.4, 0.5) is 10.5 Å². The summed E-state index contributed by atoms with van der Waals surface area (Å²) in [6, 6.07) is 27.5. The highest BCUT2D eigenvalue weighted by molar-refractivity contribution is 6.03. The van der Waals surface area contributed by atoms with Gasteiger partial charge in [-0.2, -0.15) is 0 Å². The van der Waals surface area contributed by atoms with Gasteiger partial charge in [0, 0.05) is 31.2 Å². The van der Waals surface area contributed by atoms with Crippen LogP contribution in [0.3, 0.4) is 0 Å². The van der Waals surface area contributed by atoms with Crippen LogP contribution >= 0.6 is 0 Å². The zero-order chi connectivity index (χ0) is 30.6. The van der Waals surface area contributed by atoms with E-state index in [1.165, 1.54) is 0 Å². The highest BCUT2D eigenvalue weighted by atomic mass is 16.2. The van der Waals surface area contributed by atoms with Gasteiger partial charge in [0.15, 0.2) is 0 Å². The number of aryl methyl sites for hydroxylation is 1. The molecule has 4 amide bonds. The molecule has 0 fully saturated rings. The van der Waals surface area contributed by atoms with Crippen molar-refractivity contribution in [2.75, 3.05) is 11.9 Å². The van der Waals surface area contributed by atoms with Crippen molar-refractivity contribution in [3.05, 3.63) is 102 Å². The van der Waals surface area contributed by atoms with Crippen molar-refractivity contribution in [1.29, 1.82) is 0 Å². The van der Waals surface area contributed by atoms with Crippen LogP contribution in [0.1, 0.15) is 43.4 Å². The smallest absolute Gasteiger partial charge is 0.314 e. The summed E-state index contributed by atoms with van der Waals surface area (Å²) in [5.74, 6) is -0.359. The molecule has 1 aliphatic heterocycles. The van der Waals surface area contributed by atoms with E-state index in [4.69, 9.17) is 5.73 Å². The van der Waals surface area contributed by atoms with Gasteiger partial charge in [-0.15, -0.1) is 0 Å². The minimum Gasteiger partial charge on any atom is -0.344 e. The maximum atomic E-state index is 14.1. The van der Waals surface area contributed by atoms with Crippen molar-refractivity contribution in [1.82, 2.24) is 16.0 Å². The molecule has 1 atom stereocenters. The largest absolute Gasteiger partial charge is 0.344 e. The Labute approximate surface area is 252 Å². The van der Waals surface area contributed by atoms with Gasteiger partial charge in [0.1, 0.15) is 6.04 Å². The molecule has 5 N–H and O–H groups in total. The lowest BCUT2D eigenvalue weighted by Gasteiger charge is -2.27. The monoisotopic (exact) mass is 577 g/mol. The summed E-state index contributed by atoms with van der Waals surface area (Å²) in [6.45, 7) is 4.37. The first kappa shape index (κ1) is 29.8. The Hall–Kier alpha value is -4.69. The lowest BCUT2D eigenvalue weighted by atomic mass is 9.97. The van der Waals surface area contributed by atoms with Crippen LogP contribution in [0.15, 0.2) is 84.9 Å². The first-order valence-corrected chi connectivity index (χ1v) is 14.7. The average molecular weight is 578 g/mol. The van der Waals surface area contributed by atoms with Gasteiger partial charge < -0.3 is 26.6 Å². The molecule has 43 heavy (non-hydrogen) atoms. The van der Waals surface area contributed by atoms with Crippen LogP contribution in [-0.4, -0.2) is 36.5 Å². The number of anilines is 1. The Kier molecular flexibility index (Phi) is 8.78. The zero-order valence-corrected chi connectivity index (χ0v) is 24.9. The van der Waals surface area contributed by atoms with E-state index in [0.29, 0.717) is 25.9 Å². The van der Waals surface area contributed by atoms with Crippen molar-refractivity contribution in [2.24, 2.45) is 5.73 Å². The van der Waals surface area contributed by atoms with Crippen LogP contribution < -0.4 is 26.6 Å². The Morgan fingerprint density at radius 2 is 1.67 bits per heavy atom. The van der Waals surface area contributed by atoms with E-state index in [9.17, 15) is 14.4 Å². The first-order valence-electron chi connectivity index (χ1n) is 14.7. The van der Waals surface area contributed by atoms with E-state index in [1.807, 2.05) is 71.6 Å². The summed E-state index contributed by atoms with van der Waals surface area (Å²) < 4.78 is 0. The summed E-state index contributed by atoms with van der Waals surface area (Å²) in [7, 11) is 1.59. The number of hydrogen-bond acceptors (Lipinski definition) is 4. The Morgan fingerprint density at radius 3 is 2.42 bits per heavy atom. The van der Waals surface area contributed by atoms with Gasteiger partial charge in [0.05, 0.1) is 6.54 Å². The number of fused-ring (bicyclic) bond motifs is 3. The molecule has 0 radical (unpaired) electrons. The number of rotatable bonds is 8. The fourth-order valence-electron chi connectivity index (χ4n) is 5.71.